The fraction of sp³-hybridized carbons (Fsp3) is 0.588. The normalized spacial score (nSPS) is 17.6. The van der Waals surface area contributed by atoms with Crippen LogP contribution in [0.2, 0.25) is 10.0 Å². The van der Waals surface area contributed by atoms with Crippen LogP contribution in [0.25, 0.3) is 0 Å². The van der Waals surface area contributed by atoms with Crippen molar-refractivity contribution in [2.24, 2.45) is 4.99 Å². The molecule has 0 bridgehead atoms. The Balaban J connectivity index is 1.89. The zero-order valence-corrected chi connectivity index (χ0v) is 16.5. The predicted molar refractivity (Wildman–Crippen MR) is 106 cm³/mol. The molecule has 1 aliphatic heterocycles. The standard InChI is InChI=1S/C17H25Cl2N3OS/c1-3-24-17(6-8-23-9-7-17)12-22-16(20-2)21-11-13-4-5-14(18)10-15(13)19/h4-5,10H,3,6-9,11-12H2,1-2H3,(H2,20,21,22). The van der Waals surface area contributed by atoms with Crippen molar-refractivity contribution in [3.8, 4) is 0 Å². The number of halogens is 2. The van der Waals surface area contributed by atoms with Crippen molar-refractivity contribution in [2.45, 2.75) is 31.1 Å². The highest BCUT2D eigenvalue weighted by atomic mass is 35.5. The molecule has 1 saturated heterocycles. The SMILES string of the molecule is CCSC1(CNC(=NC)NCc2ccc(Cl)cc2Cl)CCOCC1. The number of hydrogen-bond donors (Lipinski definition) is 2. The second-order valence-electron chi connectivity index (χ2n) is 5.74. The van der Waals surface area contributed by atoms with Gasteiger partial charge in [-0.3, -0.25) is 4.99 Å². The van der Waals surface area contributed by atoms with Crippen LogP contribution in [0.4, 0.5) is 0 Å². The minimum Gasteiger partial charge on any atom is -0.381 e. The Kier molecular flexibility index (Phi) is 8.01. The number of aliphatic imine (C=N–C) groups is 1. The molecule has 0 radical (unpaired) electrons. The van der Waals surface area contributed by atoms with Gasteiger partial charge in [0.1, 0.15) is 0 Å². The molecule has 1 fully saturated rings. The van der Waals surface area contributed by atoms with Crippen LogP contribution in [0.5, 0.6) is 0 Å². The minimum atomic E-state index is 0.225. The molecule has 0 amide bonds. The lowest BCUT2D eigenvalue weighted by Crippen LogP contribution is -2.48. The lowest BCUT2D eigenvalue weighted by molar-refractivity contribution is 0.0782. The van der Waals surface area contributed by atoms with E-state index in [1.54, 1.807) is 13.1 Å². The van der Waals surface area contributed by atoms with Crippen molar-refractivity contribution in [2.75, 3.05) is 32.6 Å². The van der Waals surface area contributed by atoms with E-state index in [4.69, 9.17) is 27.9 Å². The second kappa shape index (κ2) is 9.76. The average molecular weight is 390 g/mol. The maximum absolute atomic E-state index is 6.22. The highest BCUT2D eigenvalue weighted by Gasteiger charge is 2.32. The fourth-order valence-electron chi connectivity index (χ4n) is 2.73. The Morgan fingerprint density at radius 1 is 1.29 bits per heavy atom. The Hall–Kier alpha value is -0.620. The summed E-state index contributed by atoms with van der Waals surface area (Å²) >= 11 is 14.2. The van der Waals surface area contributed by atoms with Crippen LogP contribution in [0.3, 0.4) is 0 Å². The van der Waals surface area contributed by atoms with E-state index >= 15 is 0 Å². The molecule has 1 aromatic carbocycles. The van der Waals surface area contributed by atoms with Crippen molar-refractivity contribution < 1.29 is 4.74 Å². The van der Waals surface area contributed by atoms with E-state index in [9.17, 15) is 0 Å². The third-order valence-electron chi connectivity index (χ3n) is 4.12. The van der Waals surface area contributed by atoms with Gasteiger partial charge in [0, 0.05) is 48.1 Å². The topological polar surface area (TPSA) is 45.7 Å². The third-order valence-corrected chi connectivity index (χ3v) is 6.16. The first kappa shape index (κ1) is 19.7. The number of nitrogens with zero attached hydrogens (tertiary/aromatic N) is 1. The number of thioether (sulfide) groups is 1. The van der Waals surface area contributed by atoms with Gasteiger partial charge in [-0.05, 0) is 36.3 Å². The van der Waals surface area contributed by atoms with E-state index in [0.717, 1.165) is 49.9 Å². The number of guanidine groups is 1. The van der Waals surface area contributed by atoms with E-state index in [0.29, 0.717) is 16.6 Å². The Morgan fingerprint density at radius 2 is 2.04 bits per heavy atom. The molecule has 0 saturated carbocycles. The molecule has 2 N–H and O–H groups in total. The molecule has 0 unspecified atom stereocenters. The zero-order valence-electron chi connectivity index (χ0n) is 14.2. The molecule has 7 heteroatoms. The zero-order chi connectivity index (χ0) is 17.4. The lowest BCUT2D eigenvalue weighted by Gasteiger charge is -2.37. The first-order valence-electron chi connectivity index (χ1n) is 8.19. The molecule has 1 heterocycles. The number of rotatable bonds is 6. The predicted octanol–water partition coefficient (Wildman–Crippen LogP) is 3.96. The molecular formula is C17H25Cl2N3OS. The maximum atomic E-state index is 6.22. The molecule has 0 aliphatic carbocycles. The summed E-state index contributed by atoms with van der Waals surface area (Å²) in [4.78, 5) is 4.31. The van der Waals surface area contributed by atoms with E-state index in [1.165, 1.54) is 0 Å². The van der Waals surface area contributed by atoms with Crippen LogP contribution >= 0.6 is 35.0 Å². The van der Waals surface area contributed by atoms with Crippen molar-refractivity contribution in [1.82, 2.24) is 10.6 Å². The molecule has 24 heavy (non-hydrogen) atoms. The second-order valence-corrected chi connectivity index (χ2v) is 8.32. The number of ether oxygens (including phenoxy) is 1. The van der Waals surface area contributed by atoms with Crippen LogP contribution in [-0.4, -0.2) is 43.3 Å². The van der Waals surface area contributed by atoms with Gasteiger partial charge in [-0.1, -0.05) is 36.2 Å². The molecular weight excluding hydrogens is 365 g/mol. The quantitative estimate of drug-likeness (QED) is 0.570. The first-order chi connectivity index (χ1) is 11.6. The van der Waals surface area contributed by atoms with Gasteiger partial charge in [0.2, 0.25) is 0 Å². The third kappa shape index (κ3) is 5.73. The van der Waals surface area contributed by atoms with Gasteiger partial charge in [-0.25, -0.2) is 0 Å². The maximum Gasteiger partial charge on any atom is 0.191 e. The molecule has 2 rings (SSSR count). The molecule has 0 spiro atoms. The first-order valence-corrected chi connectivity index (χ1v) is 9.93. The van der Waals surface area contributed by atoms with Crippen molar-refractivity contribution in [1.29, 1.82) is 0 Å². The van der Waals surface area contributed by atoms with Crippen LogP contribution in [-0.2, 0) is 11.3 Å². The van der Waals surface area contributed by atoms with Gasteiger partial charge in [-0.2, -0.15) is 11.8 Å². The summed E-state index contributed by atoms with van der Waals surface area (Å²) < 4.78 is 5.74. The van der Waals surface area contributed by atoms with E-state index in [-0.39, 0.29) is 4.75 Å². The highest BCUT2D eigenvalue weighted by Crippen LogP contribution is 2.34. The lowest BCUT2D eigenvalue weighted by atomic mass is 9.99. The smallest absolute Gasteiger partial charge is 0.191 e. The summed E-state index contributed by atoms with van der Waals surface area (Å²) in [6.45, 7) is 5.36. The monoisotopic (exact) mass is 389 g/mol. The van der Waals surface area contributed by atoms with Crippen LogP contribution in [0.1, 0.15) is 25.3 Å². The summed E-state index contributed by atoms with van der Waals surface area (Å²) in [6.07, 6.45) is 2.14. The Bertz CT molecular complexity index is 557. The van der Waals surface area contributed by atoms with Gasteiger partial charge in [0.05, 0.1) is 0 Å². The van der Waals surface area contributed by atoms with Gasteiger partial charge in [0.15, 0.2) is 5.96 Å². The summed E-state index contributed by atoms with van der Waals surface area (Å²) in [5, 5.41) is 8.08. The summed E-state index contributed by atoms with van der Waals surface area (Å²) in [6, 6.07) is 5.53. The van der Waals surface area contributed by atoms with E-state index < -0.39 is 0 Å². The number of hydrogen-bond acceptors (Lipinski definition) is 3. The van der Waals surface area contributed by atoms with E-state index in [2.05, 4.69) is 22.5 Å². The molecule has 1 aromatic rings. The Labute approximate surface area is 158 Å². The van der Waals surface area contributed by atoms with E-state index in [1.807, 2.05) is 23.9 Å². The van der Waals surface area contributed by atoms with Crippen LogP contribution < -0.4 is 10.6 Å². The van der Waals surface area contributed by atoms with Crippen molar-refractivity contribution in [3.63, 3.8) is 0 Å². The Morgan fingerprint density at radius 3 is 2.67 bits per heavy atom. The van der Waals surface area contributed by atoms with Gasteiger partial charge in [-0.15, -0.1) is 0 Å². The number of benzene rings is 1. The van der Waals surface area contributed by atoms with Gasteiger partial charge in [0.25, 0.3) is 0 Å². The molecule has 0 aromatic heterocycles. The van der Waals surface area contributed by atoms with Crippen LogP contribution in [0.15, 0.2) is 23.2 Å². The van der Waals surface area contributed by atoms with Crippen molar-refractivity contribution in [3.05, 3.63) is 33.8 Å². The minimum absolute atomic E-state index is 0.225. The highest BCUT2D eigenvalue weighted by molar-refractivity contribution is 8.00. The molecule has 1 aliphatic rings. The average Bonchev–Trinajstić information content (AvgIpc) is 2.57. The number of nitrogens with one attached hydrogen (secondary N) is 2. The summed E-state index contributed by atoms with van der Waals surface area (Å²) in [5.41, 5.74) is 0.993. The van der Waals surface area contributed by atoms with Crippen molar-refractivity contribution >= 4 is 40.9 Å². The largest absolute Gasteiger partial charge is 0.381 e. The molecule has 4 nitrogen and oxygen atoms in total. The molecule has 0 atom stereocenters. The van der Waals surface area contributed by atoms with Crippen LogP contribution in [0, 0.1) is 0 Å². The summed E-state index contributed by atoms with van der Waals surface area (Å²) in [5.74, 6) is 1.89. The van der Waals surface area contributed by atoms with Gasteiger partial charge < -0.3 is 15.4 Å². The molecule has 134 valence electrons. The van der Waals surface area contributed by atoms with Gasteiger partial charge >= 0.3 is 0 Å². The summed E-state index contributed by atoms with van der Waals surface area (Å²) in [7, 11) is 1.78. The fourth-order valence-corrected chi connectivity index (χ4v) is 4.45.